The van der Waals surface area contributed by atoms with Crippen LogP contribution in [0.25, 0.3) is 5.57 Å². The number of hydrogen-bond donors (Lipinski definition) is 0. The maximum atomic E-state index is 13.6. The third kappa shape index (κ3) is 4.30. The second-order valence-electron chi connectivity index (χ2n) is 8.06. The summed E-state index contributed by atoms with van der Waals surface area (Å²) in [6.07, 6.45) is 0. The lowest BCUT2D eigenvalue weighted by atomic mass is 9.83. The number of thiocarbonyl (C=S) groups is 1. The van der Waals surface area contributed by atoms with Gasteiger partial charge in [0.1, 0.15) is 15.6 Å². The molecule has 180 valence electrons. The number of esters is 2. The highest BCUT2D eigenvalue weighted by atomic mass is 32.2. The highest BCUT2D eigenvalue weighted by Gasteiger charge is 2.46. The van der Waals surface area contributed by atoms with Crippen molar-refractivity contribution in [2.75, 3.05) is 19.1 Å². The normalized spacial score (nSPS) is 16.8. The standard InChI is InChI=1S/C25H20FNO5S3/c1-25(2)20(33)17(24-34-18(22(29)31-3)19(35-24)23(30)32-4)15-7-5-6-8-16(15)27(25)21(28)13-9-11-14(26)12-10-13/h5-12H,1-4H3. The molecule has 35 heavy (non-hydrogen) atoms. The van der Waals surface area contributed by atoms with Crippen LogP contribution in [0.5, 0.6) is 0 Å². The number of methoxy groups -OCH3 is 2. The first-order valence-corrected chi connectivity index (χ1v) is 12.4. The Labute approximate surface area is 215 Å². The van der Waals surface area contributed by atoms with Crippen molar-refractivity contribution in [3.63, 3.8) is 0 Å². The van der Waals surface area contributed by atoms with Crippen LogP contribution in [0.2, 0.25) is 0 Å². The Morgan fingerprint density at radius 3 is 2.00 bits per heavy atom. The fourth-order valence-electron chi connectivity index (χ4n) is 3.85. The van der Waals surface area contributed by atoms with E-state index in [1.807, 2.05) is 32.0 Å². The van der Waals surface area contributed by atoms with Crippen LogP contribution in [0.1, 0.15) is 29.8 Å². The zero-order valence-corrected chi connectivity index (χ0v) is 21.7. The van der Waals surface area contributed by atoms with Gasteiger partial charge in [0.15, 0.2) is 0 Å². The zero-order chi connectivity index (χ0) is 25.5. The number of fused-ring (bicyclic) bond motifs is 1. The SMILES string of the molecule is COC(=O)C1=C(C(=O)OC)SC(=C2C(=S)C(C)(C)N(C(=O)c3ccc(F)cc3)c3ccccc32)S1. The van der Waals surface area contributed by atoms with Gasteiger partial charge in [0.2, 0.25) is 0 Å². The Hall–Kier alpha value is -2.95. The summed E-state index contributed by atoms with van der Waals surface area (Å²) in [5.74, 6) is -2.07. The third-order valence-electron chi connectivity index (χ3n) is 5.59. The highest BCUT2D eigenvalue weighted by molar-refractivity contribution is 8.29. The van der Waals surface area contributed by atoms with E-state index in [0.29, 0.717) is 31.5 Å². The molecule has 0 spiro atoms. The van der Waals surface area contributed by atoms with E-state index in [0.717, 1.165) is 23.5 Å². The maximum Gasteiger partial charge on any atom is 0.346 e. The number of carbonyl (C=O) groups excluding carboxylic acids is 3. The Balaban J connectivity index is 1.87. The molecule has 2 aliphatic heterocycles. The lowest BCUT2D eigenvalue weighted by Gasteiger charge is -2.45. The van der Waals surface area contributed by atoms with E-state index in [1.54, 1.807) is 11.0 Å². The number of para-hydroxylation sites is 1. The fraction of sp³-hybridized carbons (Fsp3) is 0.200. The zero-order valence-electron chi connectivity index (χ0n) is 19.2. The fourth-order valence-corrected chi connectivity index (χ4v) is 6.89. The molecule has 0 unspecified atom stereocenters. The van der Waals surface area contributed by atoms with Crippen LogP contribution >= 0.6 is 35.7 Å². The number of thioether (sulfide) groups is 2. The molecular weight excluding hydrogens is 509 g/mol. The minimum Gasteiger partial charge on any atom is -0.465 e. The summed E-state index contributed by atoms with van der Waals surface area (Å²) < 4.78 is 23.8. The minimum atomic E-state index is -0.960. The molecule has 2 aromatic carbocycles. The van der Waals surface area contributed by atoms with E-state index in [9.17, 15) is 18.8 Å². The molecule has 0 aliphatic carbocycles. The van der Waals surface area contributed by atoms with E-state index in [-0.39, 0.29) is 15.7 Å². The summed E-state index contributed by atoms with van der Waals surface area (Å²) in [6, 6.07) is 12.6. The molecule has 0 radical (unpaired) electrons. The minimum absolute atomic E-state index is 0.120. The lowest BCUT2D eigenvalue weighted by molar-refractivity contribution is -0.138. The molecular formula is C25H20FNO5S3. The molecule has 4 rings (SSSR count). The van der Waals surface area contributed by atoms with Crippen LogP contribution in [0, 0.1) is 5.82 Å². The predicted octanol–water partition coefficient (Wildman–Crippen LogP) is 5.34. The summed E-state index contributed by atoms with van der Waals surface area (Å²) in [6.45, 7) is 3.65. The monoisotopic (exact) mass is 529 g/mol. The topological polar surface area (TPSA) is 72.9 Å². The molecule has 1 amide bonds. The average Bonchev–Trinajstić information content (AvgIpc) is 3.29. The number of amides is 1. The molecule has 0 saturated carbocycles. The second-order valence-corrected chi connectivity index (χ2v) is 10.8. The van der Waals surface area contributed by atoms with Crippen LogP contribution in [0.15, 0.2) is 62.6 Å². The molecule has 2 heterocycles. The molecule has 0 saturated heterocycles. The number of nitrogens with zero attached hydrogens (tertiary/aromatic N) is 1. The van der Waals surface area contributed by atoms with Gasteiger partial charge in [-0.1, -0.05) is 53.9 Å². The van der Waals surface area contributed by atoms with E-state index < -0.39 is 23.3 Å². The van der Waals surface area contributed by atoms with E-state index in [4.69, 9.17) is 21.7 Å². The molecule has 2 aliphatic rings. The number of benzene rings is 2. The van der Waals surface area contributed by atoms with Crippen LogP contribution in [0.4, 0.5) is 10.1 Å². The first kappa shape index (κ1) is 25.2. The Morgan fingerprint density at radius 2 is 1.46 bits per heavy atom. The van der Waals surface area contributed by atoms with Crippen LogP contribution in [-0.2, 0) is 19.1 Å². The maximum absolute atomic E-state index is 13.6. The summed E-state index contributed by atoms with van der Waals surface area (Å²) in [5.41, 5.74) is 1.30. The van der Waals surface area contributed by atoms with Crippen molar-refractivity contribution in [3.8, 4) is 0 Å². The Morgan fingerprint density at radius 1 is 0.914 bits per heavy atom. The molecule has 0 fully saturated rings. The number of anilines is 1. The van der Waals surface area contributed by atoms with Crippen molar-refractivity contribution in [1.82, 2.24) is 0 Å². The summed E-state index contributed by atoms with van der Waals surface area (Å²) in [5, 5.41) is 0. The lowest BCUT2D eigenvalue weighted by Crippen LogP contribution is -2.55. The number of ether oxygens (including phenoxy) is 2. The molecule has 0 N–H and O–H groups in total. The number of carbonyl (C=O) groups is 3. The van der Waals surface area contributed by atoms with Crippen molar-refractivity contribution in [2.24, 2.45) is 0 Å². The smallest absolute Gasteiger partial charge is 0.346 e. The van der Waals surface area contributed by atoms with Gasteiger partial charge in [0, 0.05) is 16.7 Å². The molecule has 0 aromatic heterocycles. The first-order chi connectivity index (χ1) is 16.6. The van der Waals surface area contributed by atoms with Crippen molar-refractivity contribution < 1.29 is 28.2 Å². The molecule has 2 aromatic rings. The van der Waals surface area contributed by atoms with Gasteiger partial charge in [-0.15, -0.1) is 0 Å². The van der Waals surface area contributed by atoms with Crippen molar-refractivity contribution in [2.45, 2.75) is 19.4 Å². The average molecular weight is 530 g/mol. The van der Waals surface area contributed by atoms with Crippen molar-refractivity contribution in [1.29, 1.82) is 0 Å². The number of hydrogen-bond acceptors (Lipinski definition) is 8. The predicted molar refractivity (Wildman–Crippen MR) is 139 cm³/mol. The van der Waals surface area contributed by atoms with E-state index in [1.165, 1.54) is 38.5 Å². The quantitative estimate of drug-likeness (QED) is 0.300. The van der Waals surface area contributed by atoms with E-state index in [2.05, 4.69) is 0 Å². The molecule has 0 bridgehead atoms. The van der Waals surface area contributed by atoms with Gasteiger partial charge in [-0.25, -0.2) is 14.0 Å². The second kappa shape index (κ2) is 9.60. The van der Waals surface area contributed by atoms with Gasteiger partial charge in [-0.05, 0) is 44.2 Å². The van der Waals surface area contributed by atoms with Gasteiger partial charge in [0.25, 0.3) is 5.91 Å². The van der Waals surface area contributed by atoms with Gasteiger partial charge in [-0.2, -0.15) is 0 Å². The Kier molecular flexibility index (Phi) is 6.90. The van der Waals surface area contributed by atoms with Crippen molar-refractivity contribution in [3.05, 3.63) is 79.5 Å². The Bertz CT molecular complexity index is 1300. The van der Waals surface area contributed by atoms with Crippen molar-refractivity contribution >= 4 is 69.7 Å². The van der Waals surface area contributed by atoms with Crippen LogP contribution < -0.4 is 4.90 Å². The molecule has 10 heteroatoms. The third-order valence-corrected chi connectivity index (χ3v) is 8.85. The number of halogens is 1. The van der Waals surface area contributed by atoms with E-state index >= 15 is 0 Å². The van der Waals surface area contributed by atoms with Crippen LogP contribution in [-0.4, -0.2) is 42.5 Å². The van der Waals surface area contributed by atoms with Gasteiger partial charge < -0.3 is 9.47 Å². The van der Waals surface area contributed by atoms with Gasteiger partial charge >= 0.3 is 11.9 Å². The largest absolute Gasteiger partial charge is 0.465 e. The molecule has 0 atom stereocenters. The highest BCUT2D eigenvalue weighted by Crippen LogP contribution is 2.56. The summed E-state index contributed by atoms with van der Waals surface area (Å²) in [7, 11) is 2.48. The molecule has 6 nitrogen and oxygen atoms in total. The summed E-state index contributed by atoms with van der Waals surface area (Å²) >= 11 is 8.10. The summed E-state index contributed by atoms with van der Waals surface area (Å²) in [4.78, 5) is 40.7. The van der Waals surface area contributed by atoms with Gasteiger partial charge in [0.05, 0.1) is 34.5 Å². The van der Waals surface area contributed by atoms with Gasteiger partial charge in [-0.3, -0.25) is 9.69 Å². The number of rotatable bonds is 3. The van der Waals surface area contributed by atoms with Crippen LogP contribution in [0.3, 0.4) is 0 Å². The first-order valence-electron chi connectivity index (χ1n) is 10.4.